The quantitative estimate of drug-likeness (QED) is 0.367. The maximum Gasteiger partial charge on any atom is 0.417 e. The number of hydrogen-bond donors (Lipinski definition) is 1. The Morgan fingerprint density at radius 2 is 1.89 bits per heavy atom. The fourth-order valence-electron chi connectivity index (χ4n) is 4.56. The van der Waals surface area contributed by atoms with Gasteiger partial charge in [-0.1, -0.05) is 23.4 Å². The van der Waals surface area contributed by atoms with Crippen molar-refractivity contribution in [2.75, 3.05) is 13.2 Å². The van der Waals surface area contributed by atoms with Crippen LogP contribution in [-0.2, 0) is 15.7 Å². The van der Waals surface area contributed by atoms with Crippen molar-refractivity contribution in [3.05, 3.63) is 63.9 Å². The molecule has 2 aliphatic heterocycles. The molecule has 0 saturated carbocycles. The van der Waals surface area contributed by atoms with E-state index >= 15 is 0 Å². The molecule has 1 aliphatic carbocycles. The maximum absolute atomic E-state index is 14.7. The van der Waals surface area contributed by atoms with E-state index in [-0.39, 0.29) is 42.6 Å². The summed E-state index contributed by atoms with van der Waals surface area (Å²) in [6, 6.07) is -0.357. The number of fused-ring (bicyclic) bond motifs is 1. The average molecular weight is 526 g/mol. The summed E-state index contributed by atoms with van der Waals surface area (Å²) >= 11 is 5.66. The van der Waals surface area contributed by atoms with Crippen LogP contribution in [0.25, 0.3) is 0 Å². The standard InChI is InChI=1S/C24H17ClF5N3O3/c25-16-6-17(26)15(5-18(16)27)21(13-9-36-10-13)32-22(34)20-4-11-1-2-19(11)33(20)23(35)12-3-14(8-31-7-12)24(28,29)30/h3,5-8,11,13,19-21H,4,9-10H2,(H,32,34)/t11-,19-,20-,21-/m1/s1. The van der Waals surface area contributed by atoms with E-state index in [2.05, 4.69) is 22.1 Å². The number of ether oxygens (including phenoxy) is 1. The summed E-state index contributed by atoms with van der Waals surface area (Å²) < 4.78 is 73.4. The normalized spacial score (nSPS) is 23.6. The van der Waals surface area contributed by atoms with Crippen LogP contribution in [0.15, 0.2) is 30.6 Å². The Bertz CT molecular complexity index is 1300. The van der Waals surface area contributed by atoms with E-state index in [1.54, 1.807) is 0 Å². The molecule has 0 radical (unpaired) electrons. The monoisotopic (exact) mass is 525 g/mol. The van der Waals surface area contributed by atoms with E-state index in [4.69, 9.17) is 16.3 Å². The van der Waals surface area contributed by atoms with Crippen molar-refractivity contribution in [1.82, 2.24) is 15.2 Å². The van der Waals surface area contributed by atoms with Gasteiger partial charge in [0.15, 0.2) is 0 Å². The summed E-state index contributed by atoms with van der Waals surface area (Å²) in [5, 5.41) is 2.28. The van der Waals surface area contributed by atoms with E-state index in [0.717, 1.165) is 23.2 Å². The minimum absolute atomic E-state index is 0.129. The molecule has 1 aromatic heterocycles. The lowest BCUT2D eigenvalue weighted by molar-refractivity contribution is -0.138. The van der Waals surface area contributed by atoms with Gasteiger partial charge in [-0.25, -0.2) is 8.78 Å². The highest BCUT2D eigenvalue weighted by Gasteiger charge is 2.50. The van der Waals surface area contributed by atoms with Crippen LogP contribution >= 0.6 is 11.6 Å². The summed E-state index contributed by atoms with van der Waals surface area (Å²) in [7, 11) is 0. The van der Waals surface area contributed by atoms with Gasteiger partial charge in [-0.3, -0.25) is 14.6 Å². The smallest absolute Gasteiger partial charge is 0.381 e. The molecule has 1 N–H and O–H groups in total. The fraction of sp³-hybridized carbons (Fsp3) is 0.375. The van der Waals surface area contributed by atoms with Crippen molar-refractivity contribution in [2.45, 2.75) is 30.7 Å². The molecule has 2 amide bonds. The van der Waals surface area contributed by atoms with Gasteiger partial charge in [0, 0.05) is 23.9 Å². The van der Waals surface area contributed by atoms with Crippen molar-refractivity contribution in [3.8, 4) is 11.8 Å². The van der Waals surface area contributed by atoms with Gasteiger partial charge >= 0.3 is 6.18 Å². The summed E-state index contributed by atoms with van der Waals surface area (Å²) in [5.74, 6) is 1.74. The number of carbonyl (C=O) groups excluding carboxylic acids is 2. The number of likely N-dealkylation sites (tertiary alicyclic amines) is 1. The molecule has 36 heavy (non-hydrogen) atoms. The lowest BCUT2D eigenvalue weighted by Crippen LogP contribution is -2.52. The molecule has 0 bridgehead atoms. The topological polar surface area (TPSA) is 71.5 Å². The van der Waals surface area contributed by atoms with Crippen molar-refractivity contribution < 1.29 is 36.3 Å². The number of pyridine rings is 1. The van der Waals surface area contributed by atoms with Crippen LogP contribution in [0, 0.1) is 35.3 Å². The van der Waals surface area contributed by atoms with Crippen LogP contribution in [0.2, 0.25) is 5.02 Å². The zero-order valence-corrected chi connectivity index (χ0v) is 19.0. The second kappa shape index (κ2) is 9.01. The molecule has 1 aromatic carbocycles. The van der Waals surface area contributed by atoms with E-state index in [1.165, 1.54) is 0 Å². The molecule has 188 valence electrons. The van der Waals surface area contributed by atoms with Crippen LogP contribution in [-0.4, -0.2) is 47.0 Å². The predicted molar refractivity (Wildman–Crippen MR) is 115 cm³/mol. The van der Waals surface area contributed by atoms with Gasteiger partial charge in [-0.2, -0.15) is 13.2 Å². The molecule has 2 saturated heterocycles. The molecule has 12 heteroatoms. The fourth-order valence-corrected chi connectivity index (χ4v) is 4.71. The summed E-state index contributed by atoms with van der Waals surface area (Å²) in [6.45, 7) is 0.373. The lowest BCUT2D eigenvalue weighted by Gasteiger charge is -2.36. The van der Waals surface area contributed by atoms with Gasteiger partial charge in [0.05, 0.1) is 41.3 Å². The molecule has 0 spiro atoms. The van der Waals surface area contributed by atoms with Crippen molar-refractivity contribution in [2.24, 2.45) is 11.8 Å². The third-order valence-electron chi connectivity index (χ3n) is 6.57. The summed E-state index contributed by atoms with van der Waals surface area (Å²) in [4.78, 5) is 31.3. The molecule has 3 aliphatic rings. The maximum atomic E-state index is 14.7. The summed E-state index contributed by atoms with van der Waals surface area (Å²) in [6.07, 6.45) is -2.97. The molecule has 5 rings (SSSR count). The van der Waals surface area contributed by atoms with Gasteiger partial charge in [0.2, 0.25) is 5.91 Å². The second-order valence-corrected chi connectivity index (χ2v) is 9.24. The van der Waals surface area contributed by atoms with Crippen molar-refractivity contribution in [1.29, 1.82) is 0 Å². The molecule has 0 unspecified atom stereocenters. The zero-order valence-electron chi connectivity index (χ0n) is 18.3. The Balaban J connectivity index is 1.42. The number of nitrogens with zero attached hydrogens (tertiary/aromatic N) is 2. The zero-order chi connectivity index (χ0) is 25.8. The van der Waals surface area contributed by atoms with Crippen molar-refractivity contribution >= 4 is 23.4 Å². The molecule has 3 heterocycles. The Hall–Kier alpha value is -3.23. The average Bonchev–Trinajstić information content (AvgIpc) is 3.03. The number of rotatable bonds is 5. The minimum Gasteiger partial charge on any atom is -0.381 e. The number of nitrogens with one attached hydrogen (secondary N) is 1. The Morgan fingerprint density at radius 3 is 2.50 bits per heavy atom. The highest BCUT2D eigenvalue weighted by Crippen LogP contribution is 2.38. The first kappa shape index (κ1) is 24.5. The second-order valence-electron chi connectivity index (χ2n) is 8.84. The minimum atomic E-state index is -4.71. The predicted octanol–water partition coefficient (Wildman–Crippen LogP) is 3.75. The third-order valence-corrected chi connectivity index (χ3v) is 6.86. The highest BCUT2D eigenvalue weighted by molar-refractivity contribution is 6.30. The Kier molecular flexibility index (Phi) is 6.12. The Labute approximate surface area is 206 Å². The number of carbonyl (C=O) groups is 2. The number of aromatic nitrogens is 1. The number of halogens is 6. The number of hydrogen-bond acceptors (Lipinski definition) is 4. The Morgan fingerprint density at radius 1 is 1.14 bits per heavy atom. The molecule has 6 nitrogen and oxygen atoms in total. The van der Waals surface area contributed by atoms with E-state index in [1.807, 2.05) is 0 Å². The molecule has 4 atom stereocenters. The van der Waals surface area contributed by atoms with Gasteiger partial charge in [0.1, 0.15) is 23.7 Å². The molecule has 2 aromatic rings. The molecule has 2 fully saturated rings. The molecular formula is C24H17ClF5N3O3. The number of benzene rings is 1. The van der Waals surface area contributed by atoms with Gasteiger partial charge < -0.3 is 15.0 Å². The van der Waals surface area contributed by atoms with Gasteiger partial charge in [-0.05, 0) is 24.6 Å². The lowest BCUT2D eigenvalue weighted by atomic mass is 9.90. The van der Waals surface area contributed by atoms with E-state index in [0.29, 0.717) is 12.3 Å². The van der Waals surface area contributed by atoms with E-state index < -0.39 is 58.3 Å². The van der Waals surface area contributed by atoms with Crippen LogP contribution < -0.4 is 5.32 Å². The van der Waals surface area contributed by atoms with Crippen LogP contribution in [0.1, 0.15) is 33.9 Å². The highest BCUT2D eigenvalue weighted by atomic mass is 35.5. The third kappa shape index (κ3) is 4.29. The number of alkyl halides is 3. The van der Waals surface area contributed by atoms with Crippen LogP contribution in [0.5, 0.6) is 0 Å². The summed E-state index contributed by atoms with van der Waals surface area (Å²) in [5.41, 5.74) is -1.57. The SMILES string of the molecule is O=C(N[C@@H](c1cc(F)c(Cl)cc1F)C1COC1)[C@H]1C[C@H]2C#C[C@H]2N1C(=O)c1cncc(C(F)(F)F)c1. The first-order valence-electron chi connectivity index (χ1n) is 10.9. The van der Waals surface area contributed by atoms with Crippen LogP contribution in [0.3, 0.4) is 0 Å². The van der Waals surface area contributed by atoms with Gasteiger partial charge in [-0.15, -0.1) is 0 Å². The van der Waals surface area contributed by atoms with Gasteiger partial charge in [0.25, 0.3) is 5.91 Å². The largest absolute Gasteiger partial charge is 0.417 e. The van der Waals surface area contributed by atoms with E-state index in [9.17, 15) is 31.5 Å². The first-order valence-corrected chi connectivity index (χ1v) is 11.3. The van der Waals surface area contributed by atoms with Crippen LogP contribution in [0.4, 0.5) is 22.0 Å². The number of amides is 2. The van der Waals surface area contributed by atoms with Crippen molar-refractivity contribution in [3.63, 3.8) is 0 Å². The first-order chi connectivity index (χ1) is 17.0. The molecular weight excluding hydrogens is 509 g/mol.